The zero-order valence-corrected chi connectivity index (χ0v) is 14.4. The predicted octanol–water partition coefficient (Wildman–Crippen LogP) is 4.26. The van der Waals surface area contributed by atoms with E-state index in [0.29, 0.717) is 5.56 Å². The second kappa shape index (κ2) is 7.27. The molecule has 0 atom stereocenters. The van der Waals surface area contributed by atoms with Crippen LogP contribution in [0.1, 0.15) is 17.3 Å². The van der Waals surface area contributed by atoms with Crippen molar-refractivity contribution in [1.29, 1.82) is 0 Å². The number of methoxy groups -OCH3 is 1. The molecule has 0 saturated heterocycles. The Labute approximate surface area is 144 Å². The molecular weight excluding hydrogens is 320 g/mol. The first-order valence-electron chi connectivity index (χ1n) is 7.69. The number of esters is 1. The van der Waals surface area contributed by atoms with Crippen LogP contribution in [0.2, 0.25) is 0 Å². The van der Waals surface area contributed by atoms with Gasteiger partial charge in [-0.15, -0.1) is 11.3 Å². The van der Waals surface area contributed by atoms with E-state index in [0.717, 1.165) is 22.7 Å². The van der Waals surface area contributed by atoms with Gasteiger partial charge in [0, 0.05) is 11.9 Å². The van der Waals surface area contributed by atoms with Crippen LogP contribution >= 0.6 is 11.3 Å². The standard InChI is InChI=1S/C19H18N2O2S/c1-3-21-17(14-7-5-4-6-8-14)13-24-19(21)20-16-11-9-15(10-12-16)18(22)23-2/h4-13H,3H2,1-2H3. The topological polar surface area (TPSA) is 43.6 Å². The lowest BCUT2D eigenvalue weighted by atomic mass is 10.2. The zero-order valence-electron chi connectivity index (χ0n) is 13.6. The van der Waals surface area contributed by atoms with E-state index in [2.05, 4.69) is 29.0 Å². The van der Waals surface area contributed by atoms with Gasteiger partial charge in [0.05, 0.1) is 24.1 Å². The largest absolute Gasteiger partial charge is 0.465 e. The first-order valence-corrected chi connectivity index (χ1v) is 8.57. The fourth-order valence-electron chi connectivity index (χ4n) is 2.46. The number of rotatable bonds is 4. The Hall–Kier alpha value is -2.66. The van der Waals surface area contributed by atoms with Gasteiger partial charge in [-0.1, -0.05) is 30.3 Å². The summed E-state index contributed by atoms with van der Waals surface area (Å²) in [6, 6.07) is 17.4. The molecule has 0 aliphatic heterocycles. The number of carbonyl (C=O) groups is 1. The molecule has 0 saturated carbocycles. The molecule has 3 aromatic rings. The Balaban J connectivity index is 1.99. The van der Waals surface area contributed by atoms with Gasteiger partial charge in [0.15, 0.2) is 4.80 Å². The highest BCUT2D eigenvalue weighted by molar-refractivity contribution is 7.07. The molecule has 0 aliphatic rings. The van der Waals surface area contributed by atoms with Gasteiger partial charge in [0.25, 0.3) is 0 Å². The molecule has 2 aromatic carbocycles. The van der Waals surface area contributed by atoms with Crippen LogP contribution in [0.3, 0.4) is 0 Å². The molecule has 0 N–H and O–H groups in total. The predicted molar refractivity (Wildman–Crippen MR) is 96.4 cm³/mol. The second-order valence-corrected chi connectivity index (χ2v) is 6.00. The number of hydrogen-bond acceptors (Lipinski definition) is 4. The summed E-state index contributed by atoms with van der Waals surface area (Å²) < 4.78 is 6.90. The number of aromatic nitrogens is 1. The maximum atomic E-state index is 11.5. The van der Waals surface area contributed by atoms with E-state index in [-0.39, 0.29) is 5.97 Å². The quantitative estimate of drug-likeness (QED) is 0.667. The normalized spacial score (nSPS) is 11.5. The number of carbonyl (C=O) groups excluding carboxylic acids is 1. The molecule has 0 amide bonds. The Morgan fingerprint density at radius 3 is 2.46 bits per heavy atom. The molecule has 1 aromatic heterocycles. The van der Waals surface area contributed by atoms with Gasteiger partial charge >= 0.3 is 5.97 Å². The first kappa shape index (κ1) is 16.2. The molecule has 0 radical (unpaired) electrons. The smallest absolute Gasteiger partial charge is 0.337 e. The van der Waals surface area contributed by atoms with Gasteiger partial charge < -0.3 is 9.30 Å². The number of hydrogen-bond donors (Lipinski definition) is 0. The molecule has 1 heterocycles. The van der Waals surface area contributed by atoms with Crippen LogP contribution in [-0.2, 0) is 11.3 Å². The SMILES string of the molecule is CCn1c(-c2ccccc2)csc1=Nc1ccc(C(=O)OC)cc1. The van der Waals surface area contributed by atoms with Crippen LogP contribution in [0.4, 0.5) is 5.69 Å². The highest BCUT2D eigenvalue weighted by atomic mass is 32.1. The Morgan fingerprint density at radius 2 is 1.83 bits per heavy atom. The van der Waals surface area contributed by atoms with Crippen molar-refractivity contribution in [3.8, 4) is 11.3 Å². The summed E-state index contributed by atoms with van der Waals surface area (Å²) >= 11 is 1.61. The highest BCUT2D eigenvalue weighted by Gasteiger charge is 2.07. The number of thiazole rings is 1. The fourth-order valence-corrected chi connectivity index (χ4v) is 3.46. The van der Waals surface area contributed by atoms with Gasteiger partial charge in [0.1, 0.15) is 0 Å². The summed E-state index contributed by atoms with van der Waals surface area (Å²) in [6.45, 7) is 2.95. The number of ether oxygens (including phenoxy) is 1. The van der Waals surface area contributed by atoms with Crippen molar-refractivity contribution in [3.63, 3.8) is 0 Å². The van der Waals surface area contributed by atoms with Crippen molar-refractivity contribution in [3.05, 3.63) is 70.3 Å². The van der Waals surface area contributed by atoms with E-state index in [1.807, 2.05) is 30.3 Å². The Bertz CT molecular complexity index is 893. The summed E-state index contributed by atoms with van der Waals surface area (Å²) in [5.41, 5.74) is 3.67. The lowest BCUT2D eigenvalue weighted by molar-refractivity contribution is 0.0601. The van der Waals surface area contributed by atoms with Crippen molar-refractivity contribution in [2.75, 3.05) is 7.11 Å². The zero-order chi connectivity index (χ0) is 16.9. The molecule has 0 bridgehead atoms. The molecule has 5 heteroatoms. The lowest BCUT2D eigenvalue weighted by Crippen LogP contribution is -2.14. The maximum Gasteiger partial charge on any atom is 0.337 e. The van der Waals surface area contributed by atoms with Crippen LogP contribution in [0.5, 0.6) is 0 Å². The Kier molecular flexibility index (Phi) is 4.91. The number of benzene rings is 2. The summed E-state index contributed by atoms with van der Waals surface area (Å²) in [4.78, 5) is 17.1. The average Bonchev–Trinajstić information content (AvgIpc) is 3.05. The van der Waals surface area contributed by atoms with Gasteiger partial charge in [-0.2, -0.15) is 0 Å². The van der Waals surface area contributed by atoms with Crippen molar-refractivity contribution >= 4 is 23.0 Å². The van der Waals surface area contributed by atoms with Crippen LogP contribution in [0.25, 0.3) is 11.3 Å². The molecule has 0 fully saturated rings. The molecule has 0 aliphatic carbocycles. The van der Waals surface area contributed by atoms with Gasteiger partial charge in [-0.25, -0.2) is 9.79 Å². The molecule has 122 valence electrons. The van der Waals surface area contributed by atoms with Crippen molar-refractivity contribution in [1.82, 2.24) is 4.57 Å². The van der Waals surface area contributed by atoms with E-state index in [1.165, 1.54) is 12.7 Å². The molecule has 0 spiro atoms. The lowest BCUT2D eigenvalue weighted by Gasteiger charge is -2.06. The van der Waals surface area contributed by atoms with Gasteiger partial charge in [-0.3, -0.25) is 0 Å². The van der Waals surface area contributed by atoms with Crippen molar-refractivity contribution < 1.29 is 9.53 Å². The van der Waals surface area contributed by atoms with Crippen molar-refractivity contribution in [2.24, 2.45) is 4.99 Å². The molecule has 0 unspecified atom stereocenters. The summed E-state index contributed by atoms with van der Waals surface area (Å²) in [5.74, 6) is -0.340. The van der Waals surface area contributed by atoms with E-state index in [1.54, 1.807) is 23.5 Å². The summed E-state index contributed by atoms with van der Waals surface area (Å²) in [6.07, 6.45) is 0. The monoisotopic (exact) mass is 338 g/mol. The van der Waals surface area contributed by atoms with Crippen LogP contribution in [0.15, 0.2) is 65.0 Å². The third-order valence-corrected chi connectivity index (χ3v) is 4.56. The summed E-state index contributed by atoms with van der Waals surface area (Å²) in [5, 5.41) is 2.13. The number of nitrogens with zero attached hydrogens (tertiary/aromatic N) is 2. The average molecular weight is 338 g/mol. The van der Waals surface area contributed by atoms with E-state index in [9.17, 15) is 4.79 Å². The molecule has 4 nitrogen and oxygen atoms in total. The minimum absolute atomic E-state index is 0.340. The van der Waals surface area contributed by atoms with Crippen LogP contribution < -0.4 is 4.80 Å². The van der Waals surface area contributed by atoms with E-state index < -0.39 is 0 Å². The highest BCUT2D eigenvalue weighted by Crippen LogP contribution is 2.20. The van der Waals surface area contributed by atoms with E-state index in [4.69, 9.17) is 9.73 Å². The molecular formula is C19H18N2O2S. The minimum atomic E-state index is -0.340. The molecule has 24 heavy (non-hydrogen) atoms. The van der Waals surface area contributed by atoms with E-state index >= 15 is 0 Å². The molecule has 3 rings (SSSR count). The van der Waals surface area contributed by atoms with Crippen LogP contribution in [-0.4, -0.2) is 17.6 Å². The maximum absolute atomic E-state index is 11.5. The van der Waals surface area contributed by atoms with Gasteiger partial charge in [0.2, 0.25) is 0 Å². The van der Waals surface area contributed by atoms with Crippen LogP contribution in [0, 0.1) is 0 Å². The van der Waals surface area contributed by atoms with Gasteiger partial charge in [-0.05, 0) is 36.8 Å². The third kappa shape index (κ3) is 3.31. The second-order valence-electron chi connectivity index (χ2n) is 5.16. The fraction of sp³-hybridized carbons (Fsp3) is 0.158. The summed E-state index contributed by atoms with van der Waals surface area (Å²) in [7, 11) is 1.38. The third-order valence-electron chi connectivity index (χ3n) is 3.70. The van der Waals surface area contributed by atoms with Crippen molar-refractivity contribution in [2.45, 2.75) is 13.5 Å². The first-order chi connectivity index (χ1) is 11.7. The Morgan fingerprint density at radius 1 is 1.12 bits per heavy atom. The minimum Gasteiger partial charge on any atom is -0.465 e.